The van der Waals surface area contributed by atoms with Gasteiger partial charge < -0.3 is 4.74 Å². The molecule has 0 spiro atoms. The number of fused-ring (bicyclic) bond motifs is 1. The molecule has 0 aromatic heterocycles. The third-order valence-electron chi connectivity index (χ3n) is 3.34. The Kier molecular flexibility index (Phi) is 3.26. The molecule has 100 valence electrons. The first kappa shape index (κ1) is 12.6. The second-order valence-electron chi connectivity index (χ2n) is 4.61. The van der Waals surface area contributed by atoms with Crippen LogP contribution in [0.15, 0.2) is 42.5 Å². The summed E-state index contributed by atoms with van der Waals surface area (Å²) in [6.45, 7) is 1.29. The van der Waals surface area contributed by atoms with Crippen LogP contribution in [-0.2, 0) is 21.3 Å². The van der Waals surface area contributed by atoms with E-state index in [4.69, 9.17) is 4.74 Å². The Labute approximate surface area is 112 Å². The first-order chi connectivity index (χ1) is 9.17. The number of hydrogen-bond acceptors (Lipinski definition) is 3. The maximum atomic E-state index is 11.9. The molecule has 1 aliphatic rings. The second-order valence-corrected chi connectivity index (χ2v) is 6.53. The van der Waals surface area contributed by atoms with Crippen molar-refractivity contribution in [3.05, 3.63) is 48.0 Å². The number of benzene rings is 2. The third kappa shape index (κ3) is 2.49. The Morgan fingerprint density at radius 1 is 1.11 bits per heavy atom. The highest BCUT2D eigenvalue weighted by Crippen LogP contribution is 2.22. The van der Waals surface area contributed by atoms with Gasteiger partial charge in [0.1, 0.15) is 0 Å². The predicted molar refractivity (Wildman–Crippen MR) is 74.1 cm³/mol. The van der Waals surface area contributed by atoms with Crippen molar-refractivity contribution in [3.8, 4) is 0 Å². The molecule has 1 aliphatic heterocycles. The first-order valence-electron chi connectivity index (χ1n) is 6.19. The van der Waals surface area contributed by atoms with Crippen LogP contribution in [0.3, 0.4) is 0 Å². The minimum Gasteiger partial charge on any atom is -0.363 e. The summed E-state index contributed by atoms with van der Waals surface area (Å²) in [6.07, 6.45) is 0. The van der Waals surface area contributed by atoms with Crippen molar-refractivity contribution < 1.29 is 13.2 Å². The monoisotopic (exact) mass is 277 g/mol. The second kappa shape index (κ2) is 4.92. The Morgan fingerprint density at radius 2 is 1.89 bits per heavy atom. The zero-order valence-electron chi connectivity index (χ0n) is 10.5. The van der Waals surface area contributed by atoms with Crippen LogP contribution < -0.4 is 0 Å². The van der Waals surface area contributed by atoms with Crippen LogP contribution in [0.2, 0.25) is 0 Å². The van der Waals surface area contributed by atoms with Gasteiger partial charge >= 0.3 is 0 Å². The summed E-state index contributed by atoms with van der Waals surface area (Å²) in [7, 11) is -3.28. The fourth-order valence-corrected chi connectivity index (χ4v) is 3.51. The lowest BCUT2D eigenvalue weighted by molar-refractivity contribution is 0.130. The molecule has 2 aromatic rings. The van der Waals surface area contributed by atoms with Gasteiger partial charge in [0, 0.05) is 13.1 Å². The highest BCUT2D eigenvalue weighted by molar-refractivity contribution is 7.88. The van der Waals surface area contributed by atoms with E-state index < -0.39 is 10.0 Å². The van der Waals surface area contributed by atoms with Crippen LogP contribution >= 0.6 is 0 Å². The van der Waals surface area contributed by atoms with Crippen LogP contribution in [0, 0.1) is 0 Å². The van der Waals surface area contributed by atoms with Crippen molar-refractivity contribution in [3.63, 3.8) is 0 Å². The molecular formula is C14H15NO3S. The largest absolute Gasteiger partial charge is 0.363 e. The number of hydrogen-bond donors (Lipinski definition) is 0. The molecule has 0 saturated carbocycles. The molecule has 0 bridgehead atoms. The van der Waals surface area contributed by atoms with Gasteiger partial charge in [-0.05, 0) is 16.3 Å². The van der Waals surface area contributed by atoms with Gasteiger partial charge in [0.15, 0.2) is 5.94 Å². The summed E-state index contributed by atoms with van der Waals surface area (Å²) in [4.78, 5) is 0. The van der Waals surface area contributed by atoms with Crippen molar-refractivity contribution in [1.29, 1.82) is 0 Å². The van der Waals surface area contributed by atoms with E-state index in [1.807, 2.05) is 42.5 Å². The van der Waals surface area contributed by atoms with Gasteiger partial charge in [-0.15, -0.1) is 0 Å². The fourth-order valence-electron chi connectivity index (χ4n) is 2.34. The Morgan fingerprint density at radius 3 is 2.74 bits per heavy atom. The van der Waals surface area contributed by atoms with Crippen molar-refractivity contribution in [1.82, 2.24) is 4.31 Å². The molecule has 1 saturated heterocycles. The molecule has 5 heteroatoms. The molecule has 0 radical (unpaired) electrons. The Hall–Kier alpha value is -1.43. The molecule has 2 aromatic carbocycles. The topological polar surface area (TPSA) is 46.6 Å². The summed E-state index contributed by atoms with van der Waals surface area (Å²) >= 11 is 0. The number of ether oxygens (including phenoxy) is 1. The summed E-state index contributed by atoms with van der Waals surface area (Å²) in [5.41, 5.74) is 1.03. The van der Waals surface area contributed by atoms with Gasteiger partial charge in [0.2, 0.25) is 10.0 Å². The Balaban J connectivity index is 1.97. The van der Waals surface area contributed by atoms with E-state index in [1.54, 1.807) is 0 Å². The van der Waals surface area contributed by atoms with Crippen LogP contribution in [-0.4, -0.2) is 31.8 Å². The SMILES string of the molecule is O=S1(=O)COCCN1Cc1cccc2ccccc12. The molecule has 19 heavy (non-hydrogen) atoms. The van der Waals surface area contributed by atoms with Crippen LogP contribution in [0.25, 0.3) is 10.8 Å². The molecule has 0 aliphatic carbocycles. The molecule has 1 fully saturated rings. The van der Waals surface area contributed by atoms with Gasteiger partial charge in [-0.3, -0.25) is 0 Å². The van der Waals surface area contributed by atoms with Gasteiger partial charge in [0.05, 0.1) is 6.61 Å². The molecule has 0 N–H and O–H groups in total. The average molecular weight is 277 g/mol. The van der Waals surface area contributed by atoms with E-state index in [9.17, 15) is 8.42 Å². The molecule has 0 amide bonds. The smallest absolute Gasteiger partial charge is 0.238 e. The lowest BCUT2D eigenvalue weighted by Gasteiger charge is -2.26. The van der Waals surface area contributed by atoms with Crippen LogP contribution in [0.4, 0.5) is 0 Å². The van der Waals surface area contributed by atoms with E-state index in [0.717, 1.165) is 16.3 Å². The minimum absolute atomic E-state index is 0.211. The minimum atomic E-state index is -3.28. The first-order valence-corrected chi connectivity index (χ1v) is 7.80. The molecule has 0 atom stereocenters. The van der Waals surface area contributed by atoms with Crippen molar-refractivity contribution in [2.24, 2.45) is 0 Å². The number of rotatable bonds is 2. The van der Waals surface area contributed by atoms with Gasteiger partial charge in [-0.1, -0.05) is 42.5 Å². The van der Waals surface area contributed by atoms with E-state index in [-0.39, 0.29) is 5.94 Å². The van der Waals surface area contributed by atoms with E-state index >= 15 is 0 Å². The predicted octanol–water partition coefficient (Wildman–Crippen LogP) is 1.96. The molecule has 4 nitrogen and oxygen atoms in total. The summed E-state index contributed by atoms with van der Waals surface area (Å²) in [5, 5.41) is 2.23. The molecule has 1 heterocycles. The summed E-state index contributed by atoms with van der Waals surface area (Å²) < 4.78 is 30.4. The van der Waals surface area contributed by atoms with E-state index in [1.165, 1.54) is 4.31 Å². The number of sulfonamides is 1. The lowest BCUT2D eigenvalue weighted by atomic mass is 10.0. The highest BCUT2D eigenvalue weighted by Gasteiger charge is 2.26. The van der Waals surface area contributed by atoms with Crippen molar-refractivity contribution in [2.45, 2.75) is 6.54 Å². The van der Waals surface area contributed by atoms with Crippen molar-refractivity contribution in [2.75, 3.05) is 19.1 Å². The van der Waals surface area contributed by atoms with Crippen molar-refractivity contribution >= 4 is 20.8 Å². The molecular weight excluding hydrogens is 262 g/mol. The van der Waals surface area contributed by atoms with Crippen LogP contribution in [0.1, 0.15) is 5.56 Å². The fraction of sp³-hybridized carbons (Fsp3) is 0.286. The lowest BCUT2D eigenvalue weighted by Crippen LogP contribution is -2.40. The summed E-state index contributed by atoms with van der Waals surface area (Å²) in [5.74, 6) is -0.211. The normalized spacial score (nSPS) is 19.6. The van der Waals surface area contributed by atoms with Gasteiger partial charge in [-0.2, -0.15) is 4.31 Å². The summed E-state index contributed by atoms with van der Waals surface area (Å²) in [6, 6.07) is 14.0. The van der Waals surface area contributed by atoms with E-state index in [2.05, 4.69) is 0 Å². The number of nitrogens with zero attached hydrogens (tertiary/aromatic N) is 1. The highest BCUT2D eigenvalue weighted by atomic mass is 32.2. The quantitative estimate of drug-likeness (QED) is 0.843. The zero-order valence-corrected chi connectivity index (χ0v) is 11.3. The Bertz CT molecular complexity index is 691. The van der Waals surface area contributed by atoms with Crippen LogP contribution in [0.5, 0.6) is 0 Å². The molecule has 0 unspecified atom stereocenters. The maximum Gasteiger partial charge on any atom is 0.238 e. The van der Waals surface area contributed by atoms with Gasteiger partial charge in [0.25, 0.3) is 0 Å². The van der Waals surface area contributed by atoms with E-state index in [0.29, 0.717) is 19.7 Å². The van der Waals surface area contributed by atoms with Gasteiger partial charge in [-0.25, -0.2) is 8.42 Å². The third-order valence-corrected chi connectivity index (χ3v) is 4.90. The standard InChI is InChI=1S/C14H15NO3S/c16-19(17)11-18-9-8-15(19)10-13-6-3-5-12-4-1-2-7-14(12)13/h1-7H,8-11H2. The average Bonchev–Trinajstić information content (AvgIpc) is 2.41. The maximum absolute atomic E-state index is 11.9. The molecule has 3 rings (SSSR count). The zero-order chi connectivity index (χ0) is 13.3.